The first-order valence-electron chi connectivity index (χ1n) is 15.2. The Balaban J connectivity index is 1.66. The summed E-state index contributed by atoms with van der Waals surface area (Å²) in [6.45, 7) is 4.66. The number of nitrogens with one attached hydrogen (secondary N) is 1. The number of ether oxygens (including phenoxy) is 1. The van der Waals surface area contributed by atoms with Gasteiger partial charge < -0.3 is 19.9 Å². The highest BCUT2D eigenvalue weighted by molar-refractivity contribution is 5.94. The summed E-state index contributed by atoms with van der Waals surface area (Å²) in [6.07, 6.45) is 10.6. The average Bonchev–Trinajstić information content (AvgIpc) is 3.02. The van der Waals surface area contributed by atoms with Gasteiger partial charge in [0.15, 0.2) is 0 Å². The summed E-state index contributed by atoms with van der Waals surface area (Å²) in [6, 6.07) is 19.1. The predicted molar refractivity (Wildman–Crippen MR) is 161 cm³/mol. The predicted octanol–water partition coefficient (Wildman–Crippen LogP) is 6.46. The molecule has 1 aliphatic carbocycles. The molecule has 7 heteroatoms. The molecule has 1 heterocycles. The second kappa shape index (κ2) is 14.9. The zero-order chi connectivity index (χ0) is 29.2. The van der Waals surface area contributed by atoms with E-state index in [4.69, 9.17) is 4.74 Å². The van der Waals surface area contributed by atoms with E-state index >= 15 is 0 Å². The normalized spacial score (nSPS) is 19.2. The molecule has 1 fully saturated rings. The Bertz CT molecular complexity index is 1120. The van der Waals surface area contributed by atoms with E-state index in [1.54, 1.807) is 22.2 Å². The Hall–Kier alpha value is -3.61. The summed E-state index contributed by atoms with van der Waals surface area (Å²) in [7, 11) is 1.31. The van der Waals surface area contributed by atoms with Crippen molar-refractivity contribution in [2.45, 2.75) is 83.2 Å². The van der Waals surface area contributed by atoms with E-state index in [9.17, 15) is 14.4 Å². The number of nitrogens with zero attached hydrogens (tertiary/aromatic N) is 2. The summed E-state index contributed by atoms with van der Waals surface area (Å²) in [5, 5.41) is 2.83. The Labute approximate surface area is 244 Å². The lowest BCUT2D eigenvalue weighted by molar-refractivity contribution is -0.147. The van der Waals surface area contributed by atoms with Crippen LogP contribution in [0, 0.1) is 11.8 Å². The van der Waals surface area contributed by atoms with Gasteiger partial charge in [0.25, 0.3) is 0 Å². The van der Waals surface area contributed by atoms with Crippen LogP contribution in [0.4, 0.5) is 4.79 Å². The van der Waals surface area contributed by atoms with Crippen molar-refractivity contribution in [2.75, 3.05) is 13.7 Å². The van der Waals surface area contributed by atoms with Crippen LogP contribution in [0.15, 0.2) is 73.1 Å². The van der Waals surface area contributed by atoms with Gasteiger partial charge in [-0.15, -0.1) is 0 Å². The highest BCUT2D eigenvalue weighted by atomic mass is 16.5. The van der Waals surface area contributed by atoms with Gasteiger partial charge in [-0.2, -0.15) is 0 Å². The molecule has 2 aliphatic rings. The van der Waals surface area contributed by atoms with E-state index in [1.807, 2.05) is 36.4 Å². The number of carbonyl (C=O) groups is 3. The fourth-order valence-corrected chi connectivity index (χ4v) is 6.34. The molecule has 3 atom stereocenters. The van der Waals surface area contributed by atoms with Crippen molar-refractivity contribution in [3.63, 3.8) is 0 Å². The largest absolute Gasteiger partial charge is 0.453 e. The number of methoxy groups -OCH3 is 1. The van der Waals surface area contributed by atoms with E-state index in [1.165, 1.54) is 7.11 Å². The highest BCUT2D eigenvalue weighted by Gasteiger charge is 2.43. The number of hydrogen-bond donors (Lipinski definition) is 1. The lowest BCUT2D eigenvalue weighted by Crippen LogP contribution is -2.60. The van der Waals surface area contributed by atoms with Gasteiger partial charge in [-0.05, 0) is 42.2 Å². The first-order chi connectivity index (χ1) is 19.9. The average molecular weight is 560 g/mol. The van der Waals surface area contributed by atoms with Crippen molar-refractivity contribution in [1.82, 2.24) is 15.1 Å². The Morgan fingerprint density at radius 2 is 1.56 bits per heavy atom. The number of unbranched alkanes of at least 4 members (excludes halogenated alkanes) is 1. The molecular weight excluding hydrogens is 514 g/mol. The summed E-state index contributed by atoms with van der Waals surface area (Å²) in [4.78, 5) is 44.2. The van der Waals surface area contributed by atoms with Gasteiger partial charge in [-0.1, -0.05) is 107 Å². The summed E-state index contributed by atoms with van der Waals surface area (Å²) < 4.78 is 4.89. The van der Waals surface area contributed by atoms with Crippen molar-refractivity contribution in [1.29, 1.82) is 0 Å². The van der Waals surface area contributed by atoms with E-state index in [2.05, 4.69) is 43.4 Å². The zero-order valence-corrected chi connectivity index (χ0v) is 24.7. The number of carbonyl (C=O) groups excluding carboxylic acids is 3. The monoisotopic (exact) mass is 559 g/mol. The molecule has 220 valence electrons. The van der Waals surface area contributed by atoms with Crippen LogP contribution in [0.2, 0.25) is 0 Å². The molecule has 0 unspecified atom stereocenters. The molecule has 3 amide bonds. The smallest absolute Gasteiger partial charge is 0.407 e. The molecule has 7 nitrogen and oxygen atoms in total. The van der Waals surface area contributed by atoms with Crippen molar-refractivity contribution in [3.8, 4) is 0 Å². The summed E-state index contributed by atoms with van der Waals surface area (Å²) in [5.74, 6) is -0.361. The molecule has 0 radical (unpaired) electrons. The van der Waals surface area contributed by atoms with Crippen LogP contribution in [-0.2, 0) is 14.3 Å². The van der Waals surface area contributed by atoms with E-state index in [0.29, 0.717) is 6.54 Å². The number of benzene rings is 2. The van der Waals surface area contributed by atoms with Crippen molar-refractivity contribution < 1.29 is 19.1 Å². The van der Waals surface area contributed by atoms with Gasteiger partial charge in [0.05, 0.1) is 7.11 Å². The van der Waals surface area contributed by atoms with Gasteiger partial charge in [0, 0.05) is 24.9 Å². The number of amides is 3. The maximum absolute atomic E-state index is 14.3. The van der Waals surface area contributed by atoms with E-state index < -0.39 is 18.2 Å². The van der Waals surface area contributed by atoms with Crippen LogP contribution in [0.25, 0.3) is 0 Å². The van der Waals surface area contributed by atoms with Crippen LogP contribution < -0.4 is 5.32 Å². The minimum absolute atomic E-state index is 0.0176. The standard InChI is InChI=1S/C34H45N3O4/c1-4-5-15-25(2)31-33(39)36(24-29(26-16-9-6-10-17-26)27-18-11-7-12-19-27)22-23-37(31)32(38)30(35-34(40)41-3)28-20-13-8-14-21-28/h6-7,9-12,16-19,22-23,25,28-31H,4-5,8,13-15,20-21,24H2,1-3H3,(H,35,40)/t25-,30-,31+/m0/s1. The molecule has 2 aromatic rings. The van der Waals surface area contributed by atoms with Crippen molar-refractivity contribution >= 4 is 17.9 Å². The minimum atomic E-state index is -0.728. The van der Waals surface area contributed by atoms with Crippen LogP contribution in [0.1, 0.15) is 82.3 Å². The fourth-order valence-electron chi connectivity index (χ4n) is 6.34. The number of alkyl carbamates (subject to hydrolysis) is 1. The quantitative estimate of drug-likeness (QED) is 0.343. The third-order valence-electron chi connectivity index (χ3n) is 8.68. The van der Waals surface area contributed by atoms with Crippen molar-refractivity contribution in [3.05, 3.63) is 84.2 Å². The third-order valence-corrected chi connectivity index (χ3v) is 8.68. The van der Waals surface area contributed by atoms with Crippen LogP contribution in [-0.4, -0.2) is 53.4 Å². The number of hydrogen-bond acceptors (Lipinski definition) is 4. The minimum Gasteiger partial charge on any atom is -0.453 e. The first kappa shape index (κ1) is 30.4. The molecule has 0 spiro atoms. The SMILES string of the molecule is CCCC[C@H](C)[C@@H]1C(=O)N(CC(c2ccccc2)c2ccccc2)C=CN1C(=O)[C@@H](NC(=O)OC)C1CCCCC1. The zero-order valence-electron chi connectivity index (χ0n) is 24.7. The van der Waals surface area contributed by atoms with Gasteiger partial charge in [-0.25, -0.2) is 4.79 Å². The maximum atomic E-state index is 14.3. The molecular formula is C34H45N3O4. The van der Waals surface area contributed by atoms with Crippen molar-refractivity contribution in [2.24, 2.45) is 11.8 Å². The Morgan fingerprint density at radius 3 is 2.12 bits per heavy atom. The molecule has 1 N–H and O–H groups in total. The molecule has 2 aromatic carbocycles. The number of rotatable bonds is 11. The molecule has 1 aliphatic heterocycles. The molecule has 0 saturated heterocycles. The molecule has 0 bridgehead atoms. The Kier molecular flexibility index (Phi) is 11.0. The molecule has 41 heavy (non-hydrogen) atoms. The van der Waals surface area contributed by atoms with Gasteiger partial charge >= 0.3 is 6.09 Å². The molecule has 0 aromatic heterocycles. The van der Waals surface area contributed by atoms with E-state index in [0.717, 1.165) is 62.5 Å². The summed E-state index contributed by atoms with van der Waals surface area (Å²) >= 11 is 0. The lowest BCUT2D eigenvalue weighted by Gasteiger charge is -2.42. The van der Waals surface area contributed by atoms with Crippen LogP contribution >= 0.6 is 0 Å². The second-order valence-electron chi connectivity index (χ2n) is 11.5. The molecule has 4 rings (SSSR count). The van der Waals surface area contributed by atoms with Crippen LogP contribution in [0.5, 0.6) is 0 Å². The highest BCUT2D eigenvalue weighted by Crippen LogP contribution is 2.32. The third kappa shape index (κ3) is 7.57. The van der Waals surface area contributed by atoms with Crippen LogP contribution in [0.3, 0.4) is 0 Å². The Morgan fingerprint density at radius 1 is 0.951 bits per heavy atom. The van der Waals surface area contributed by atoms with Gasteiger partial charge in [0.1, 0.15) is 12.1 Å². The maximum Gasteiger partial charge on any atom is 0.407 e. The summed E-state index contributed by atoms with van der Waals surface area (Å²) in [5.41, 5.74) is 2.27. The fraction of sp³-hybridized carbons (Fsp3) is 0.500. The molecule has 1 saturated carbocycles. The lowest BCUT2D eigenvalue weighted by atomic mass is 9.82. The van der Waals surface area contributed by atoms with E-state index in [-0.39, 0.29) is 29.6 Å². The second-order valence-corrected chi connectivity index (χ2v) is 11.5. The van der Waals surface area contributed by atoms with Gasteiger partial charge in [0.2, 0.25) is 11.8 Å². The topological polar surface area (TPSA) is 79.0 Å². The van der Waals surface area contributed by atoms with Gasteiger partial charge in [-0.3, -0.25) is 9.59 Å². The first-order valence-corrected chi connectivity index (χ1v) is 15.2.